The smallest absolute Gasteiger partial charge is 0.291 e. The van der Waals surface area contributed by atoms with E-state index in [-0.39, 0.29) is 5.56 Å². The van der Waals surface area contributed by atoms with Crippen LogP contribution in [0.15, 0.2) is 47.3 Å². The lowest BCUT2D eigenvalue weighted by Crippen LogP contribution is -2.25. The summed E-state index contributed by atoms with van der Waals surface area (Å²) in [6, 6.07) is 13.1. The van der Waals surface area contributed by atoms with Crippen LogP contribution in [0.3, 0.4) is 0 Å². The molecule has 4 heteroatoms. The van der Waals surface area contributed by atoms with Crippen LogP contribution in [0.25, 0.3) is 21.7 Å². The lowest BCUT2D eigenvalue weighted by molar-refractivity contribution is 0.170. The summed E-state index contributed by atoms with van der Waals surface area (Å²) in [6.07, 6.45) is 0. The quantitative estimate of drug-likeness (QED) is 0.659. The Morgan fingerprint density at radius 1 is 0.947 bits per heavy atom. The highest BCUT2D eigenvalue weighted by Gasteiger charge is 2.11. The van der Waals surface area contributed by atoms with Crippen molar-refractivity contribution in [3.8, 4) is 5.75 Å². The molecule has 0 saturated heterocycles. The molecule has 3 rings (SSSR count). The molecule has 0 amide bonds. The fraction of sp³-hybridized carbons (Fsp3) is 0.133. The molecule has 2 aromatic carbocycles. The number of rotatable bonds is 2. The van der Waals surface area contributed by atoms with E-state index in [9.17, 15) is 4.79 Å². The van der Waals surface area contributed by atoms with Gasteiger partial charge in [-0.3, -0.25) is 4.79 Å². The molecule has 96 valence electrons. The molecule has 1 aromatic heterocycles. The molecule has 4 nitrogen and oxygen atoms in total. The Bertz CT molecular complexity index is 821. The molecule has 1 heterocycles. The molecule has 0 aliphatic heterocycles. The molecule has 0 saturated carbocycles. The SMILES string of the molecule is COc1ccc2c3ccccc3c(=O)n(OC)c2c1. The van der Waals surface area contributed by atoms with E-state index in [4.69, 9.17) is 9.57 Å². The fourth-order valence-electron chi connectivity index (χ4n) is 2.34. The van der Waals surface area contributed by atoms with Gasteiger partial charge in [-0.05, 0) is 23.6 Å². The molecular weight excluding hydrogens is 242 g/mol. The van der Waals surface area contributed by atoms with Gasteiger partial charge in [0.25, 0.3) is 5.56 Å². The van der Waals surface area contributed by atoms with Crippen molar-refractivity contribution < 1.29 is 9.57 Å². The number of nitrogens with zero attached hydrogens (tertiary/aromatic N) is 1. The first-order chi connectivity index (χ1) is 9.26. The highest BCUT2D eigenvalue weighted by atomic mass is 16.6. The first-order valence-corrected chi connectivity index (χ1v) is 5.92. The number of fused-ring (bicyclic) bond motifs is 3. The van der Waals surface area contributed by atoms with Crippen LogP contribution >= 0.6 is 0 Å². The zero-order chi connectivity index (χ0) is 13.4. The van der Waals surface area contributed by atoms with Gasteiger partial charge in [-0.1, -0.05) is 18.2 Å². The Kier molecular flexibility index (Phi) is 2.63. The minimum Gasteiger partial charge on any atom is -0.497 e. The summed E-state index contributed by atoms with van der Waals surface area (Å²) in [4.78, 5) is 17.6. The monoisotopic (exact) mass is 255 g/mol. The second kappa shape index (κ2) is 4.31. The zero-order valence-corrected chi connectivity index (χ0v) is 10.7. The van der Waals surface area contributed by atoms with Crippen molar-refractivity contribution in [3.63, 3.8) is 0 Å². The second-order valence-corrected chi connectivity index (χ2v) is 4.21. The Hall–Kier alpha value is -2.49. The molecule has 19 heavy (non-hydrogen) atoms. The summed E-state index contributed by atoms with van der Waals surface area (Å²) in [5.74, 6) is 0.688. The van der Waals surface area contributed by atoms with E-state index < -0.39 is 0 Å². The molecule has 0 bridgehead atoms. The van der Waals surface area contributed by atoms with Crippen molar-refractivity contribution in [2.45, 2.75) is 0 Å². The van der Waals surface area contributed by atoms with Crippen molar-refractivity contribution >= 4 is 21.7 Å². The van der Waals surface area contributed by atoms with Crippen molar-refractivity contribution in [1.82, 2.24) is 4.73 Å². The maximum atomic E-state index is 12.4. The molecule has 0 atom stereocenters. The van der Waals surface area contributed by atoms with Gasteiger partial charge < -0.3 is 9.57 Å². The maximum absolute atomic E-state index is 12.4. The normalized spacial score (nSPS) is 10.8. The van der Waals surface area contributed by atoms with Crippen LogP contribution in [-0.2, 0) is 0 Å². The van der Waals surface area contributed by atoms with E-state index >= 15 is 0 Å². The van der Waals surface area contributed by atoms with Crippen LogP contribution in [0, 0.1) is 0 Å². The van der Waals surface area contributed by atoms with Gasteiger partial charge in [0.05, 0.1) is 18.0 Å². The summed E-state index contributed by atoms with van der Waals surface area (Å²) >= 11 is 0. The molecule has 0 aliphatic rings. The topological polar surface area (TPSA) is 40.5 Å². The number of pyridine rings is 1. The number of ether oxygens (including phenoxy) is 1. The first-order valence-electron chi connectivity index (χ1n) is 5.92. The maximum Gasteiger partial charge on any atom is 0.291 e. The predicted octanol–water partition coefficient (Wildman–Crippen LogP) is 2.22. The van der Waals surface area contributed by atoms with Gasteiger partial charge >= 0.3 is 0 Å². The van der Waals surface area contributed by atoms with E-state index in [0.29, 0.717) is 16.7 Å². The molecular formula is C15H13NO3. The van der Waals surface area contributed by atoms with Crippen molar-refractivity contribution in [1.29, 1.82) is 0 Å². The lowest BCUT2D eigenvalue weighted by atomic mass is 10.1. The van der Waals surface area contributed by atoms with Gasteiger partial charge in [0.1, 0.15) is 12.9 Å². The van der Waals surface area contributed by atoms with Crippen LogP contribution in [0.4, 0.5) is 0 Å². The summed E-state index contributed by atoms with van der Waals surface area (Å²) in [5, 5.41) is 2.51. The predicted molar refractivity (Wildman–Crippen MR) is 74.8 cm³/mol. The van der Waals surface area contributed by atoms with E-state index in [1.165, 1.54) is 11.8 Å². The number of hydrogen-bond donors (Lipinski definition) is 0. The first kappa shape index (κ1) is 11.6. The second-order valence-electron chi connectivity index (χ2n) is 4.21. The van der Waals surface area contributed by atoms with Crippen molar-refractivity contribution in [3.05, 3.63) is 52.8 Å². The summed E-state index contributed by atoms with van der Waals surface area (Å²) in [5.41, 5.74) is 0.532. The van der Waals surface area contributed by atoms with Crippen LogP contribution in [-0.4, -0.2) is 19.0 Å². The number of aromatic nitrogens is 1. The van der Waals surface area contributed by atoms with Crippen molar-refractivity contribution in [2.75, 3.05) is 14.2 Å². The molecule has 3 aromatic rings. The molecule has 0 unspecified atom stereocenters. The highest BCUT2D eigenvalue weighted by molar-refractivity contribution is 6.05. The fourth-order valence-corrected chi connectivity index (χ4v) is 2.34. The molecule has 0 fully saturated rings. The van der Waals surface area contributed by atoms with E-state index in [1.54, 1.807) is 19.2 Å². The van der Waals surface area contributed by atoms with Gasteiger partial charge in [0.2, 0.25) is 0 Å². The van der Waals surface area contributed by atoms with Crippen LogP contribution in [0.1, 0.15) is 0 Å². The van der Waals surface area contributed by atoms with E-state index in [0.717, 1.165) is 10.8 Å². The van der Waals surface area contributed by atoms with Crippen LogP contribution in [0.2, 0.25) is 0 Å². The third-order valence-electron chi connectivity index (χ3n) is 3.24. The lowest BCUT2D eigenvalue weighted by Gasteiger charge is -2.12. The van der Waals surface area contributed by atoms with Gasteiger partial charge in [-0.25, -0.2) is 0 Å². The average molecular weight is 255 g/mol. The molecule has 0 N–H and O–H groups in total. The largest absolute Gasteiger partial charge is 0.497 e. The number of benzene rings is 2. The minimum absolute atomic E-state index is 0.168. The van der Waals surface area contributed by atoms with Crippen molar-refractivity contribution in [2.24, 2.45) is 0 Å². The van der Waals surface area contributed by atoms with Gasteiger partial charge in [0, 0.05) is 11.5 Å². The third-order valence-corrected chi connectivity index (χ3v) is 3.24. The highest BCUT2D eigenvalue weighted by Crippen LogP contribution is 2.25. The van der Waals surface area contributed by atoms with Gasteiger partial charge in [-0.2, -0.15) is 0 Å². The molecule has 0 aliphatic carbocycles. The number of methoxy groups -OCH3 is 1. The zero-order valence-electron chi connectivity index (χ0n) is 10.7. The summed E-state index contributed by atoms with van der Waals surface area (Å²) in [6.45, 7) is 0. The Morgan fingerprint density at radius 3 is 2.37 bits per heavy atom. The third kappa shape index (κ3) is 1.64. The Labute approximate surface area is 109 Å². The Morgan fingerprint density at radius 2 is 1.68 bits per heavy atom. The summed E-state index contributed by atoms with van der Waals surface area (Å²) < 4.78 is 6.49. The average Bonchev–Trinajstić information content (AvgIpc) is 2.47. The molecule has 0 spiro atoms. The van der Waals surface area contributed by atoms with Crippen LogP contribution < -0.4 is 15.1 Å². The minimum atomic E-state index is -0.168. The van der Waals surface area contributed by atoms with Crippen LogP contribution in [0.5, 0.6) is 5.75 Å². The standard InChI is InChI=1S/C15H13NO3/c1-18-10-7-8-12-11-5-3-4-6-13(11)15(17)16(19-2)14(12)9-10/h3-9H,1-2H3. The van der Waals surface area contributed by atoms with Gasteiger partial charge in [0.15, 0.2) is 0 Å². The number of hydrogen-bond acceptors (Lipinski definition) is 3. The summed E-state index contributed by atoms with van der Waals surface area (Å²) in [7, 11) is 3.08. The van der Waals surface area contributed by atoms with E-state index in [2.05, 4.69) is 0 Å². The van der Waals surface area contributed by atoms with E-state index in [1.807, 2.05) is 30.3 Å². The Balaban J connectivity index is 2.58. The molecule has 0 radical (unpaired) electrons. The van der Waals surface area contributed by atoms with Gasteiger partial charge in [-0.15, -0.1) is 4.73 Å².